The van der Waals surface area contributed by atoms with Gasteiger partial charge in [0.25, 0.3) is 0 Å². The van der Waals surface area contributed by atoms with Crippen LogP contribution in [0, 0.1) is 6.92 Å². The number of nitrogens with zero attached hydrogens (tertiary/aromatic N) is 4. The molecule has 2 aliphatic heterocycles. The summed E-state index contributed by atoms with van der Waals surface area (Å²) >= 11 is 6.12. The molecule has 5 heterocycles. The molecule has 3 aromatic rings. The number of rotatable bonds is 4. The maximum atomic E-state index is 15.2. The van der Waals surface area contributed by atoms with Crippen LogP contribution in [0.4, 0.5) is 10.2 Å². The average Bonchev–Trinajstić information content (AvgIpc) is 3.26. The number of halogens is 2. The Kier molecular flexibility index (Phi) is 4.78. The Morgan fingerprint density at radius 3 is 2.97 bits per heavy atom. The first-order chi connectivity index (χ1) is 14.4. The van der Waals surface area contributed by atoms with Crippen LogP contribution in [0.3, 0.4) is 0 Å². The van der Waals surface area contributed by atoms with E-state index in [-0.39, 0.29) is 12.6 Å². The number of imidazole rings is 1. The molecular formula is C21H24ClFN6O. The number of piperidine rings is 1. The standard InChI is InChI=1S/C21H24ClFN6O/c1-12-9-15-18(30-12)20-27-13(2)17(14-3-6-25-16(22)10-14)29(20)28-19(15)26-11-21(23)4-7-24-8-5-21/h3,6,10,12,24H,4-5,7-9,11H2,1-2H3,(H,26,28)/t12-/m1/s1. The number of anilines is 1. The number of ether oxygens (including phenoxy) is 1. The highest BCUT2D eigenvalue weighted by molar-refractivity contribution is 6.29. The van der Waals surface area contributed by atoms with E-state index in [1.54, 1.807) is 16.8 Å². The van der Waals surface area contributed by atoms with Crippen LogP contribution >= 0.6 is 11.6 Å². The van der Waals surface area contributed by atoms with Gasteiger partial charge >= 0.3 is 0 Å². The molecule has 0 bridgehead atoms. The summed E-state index contributed by atoms with van der Waals surface area (Å²) in [6.45, 7) is 5.55. The summed E-state index contributed by atoms with van der Waals surface area (Å²) in [7, 11) is 0. The predicted octanol–water partition coefficient (Wildman–Crippen LogP) is 3.58. The molecule has 2 N–H and O–H groups in total. The SMILES string of the molecule is Cc1nc2c3c(c(NCC4(F)CCNCC4)nn2c1-c1ccnc(Cl)c1)C[C@@H](C)O3. The summed E-state index contributed by atoms with van der Waals surface area (Å²) in [6, 6.07) is 3.66. The first-order valence-electron chi connectivity index (χ1n) is 10.3. The van der Waals surface area contributed by atoms with Gasteiger partial charge in [0.05, 0.1) is 17.9 Å². The van der Waals surface area contributed by atoms with Gasteiger partial charge in [-0.05, 0) is 51.9 Å². The van der Waals surface area contributed by atoms with E-state index in [1.807, 2.05) is 19.9 Å². The maximum absolute atomic E-state index is 15.2. The van der Waals surface area contributed by atoms with Gasteiger partial charge in [-0.2, -0.15) is 0 Å². The molecule has 0 amide bonds. The molecule has 0 aliphatic carbocycles. The molecule has 2 aliphatic rings. The van der Waals surface area contributed by atoms with Gasteiger partial charge < -0.3 is 15.4 Å². The Hall–Kier alpha value is -2.45. The van der Waals surface area contributed by atoms with E-state index in [0.29, 0.717) is 54.7 Å². The second kappa shape index (κ2) is 7.35. The smallest absolute Gasteiger partial charge is 0.197 e. The maximum Gasteiger partial charge on any atom is 0.197 e. The molecule has 0 radical (unpaired) electrons. The van der Waals surface area contributed by atoms with Gasteiger partial charge in [0.15, 0.2) is 17.2 Å². The minimum absolute atomic E-state index is 0.0163. The molecule has 7 nitrogen and oxygen atoms in total. The van der Waals surface area contributed by atoms with Crippen molar-refractivity contribution in [3.8, 4) is 17.0 Å². The van der Waals surface area contributed by atoms with Gasteiger partial charge in [-0.15, -0.1) is 5.10 Å². The van der Waals surface area contributed by atoms with Crippen LogP contribution in [0.15, 0.2) is 18.3 Å². The highest BCUT2D eigenvalue weighted by atomic mass is 35.5. The van der Waals surface area contributed by atoms with Crippen LogP contribution in [-0.4, -0.2) is 51.0 Å². The van der Waals surface area contributed by atoms with Crippen LogP contribution in [-0.2, 0) is 6.42 Å². The fourth-order valence-electron chi connectivity index (χ4n) is 4.33. The molecule has 158 valence electrons. The summed E-state index contributed by atoms with van der Waals surface area (Å²) in [5.74, 6) is 1.36. The van der Waals surface area contributed by atoms with Crippen molar-refractivity contribution in [2.45, 2.75) is 44.9 Å². The van der Waals surface area contributed by atoms with E-state index in [9.17, 15) is 0 Å². The molecule has 30 heavy (non-hydrogen) atoms. The van der Waals surface area contributed by atoms with E-state index in [1.165, 1.54) is 0 Å². The quantitative estimate of drug-likeness (QED) is 0.616. The Balaban J connectivity index is 1.60. The topological polar surface area (TPSA) is 76.4 Å². The van der Waals surface area contributed by atoms with Crippen molar-refractivity contribution in [2.24, 2.45) is 0 Å². The molecule has 0 saturated carbocycles. The Morgan fingerprint density at radius 2 is 2.20 bits per heavy atom. The second-order valence-corrected chi connectivity index (χ2v) is 8.58. The minimum Gasteiger partial charge on any atom is -0.486 e. The highest BCUT2D eigenvalue weighted by Gasteiger charge is 2.34. The lowest BCUT2D eigenvalue weighted by Gasteiger charge is -2.30. The first kappa shape index (κ1) is 19.5. The number of aryl methyl sites for hydroxylation is 1. The van der Waals surface area contributed by atoms with Crippen molar-refractivity contribution >= 4 is 23.1 Å². The molecule has 0 spiro atoms. The lowest BCUT2D eigenvalue weighted by atomic mass is 9.94. The van der Waals surface area contributed by atoms with E-state index in [0.717, 1.165) is 22.5 Å². The first-order valence-corrected chi connectivity index (χ1v) is 10.7. The third-order valence-electron chi connectivity index (χ3n) is 5.87. The summed E-state index contributed by atoms with van der Waals surface area (Å²) in [6.07, 6.45) is 3.36. The number of hydrogen-bond donors (Lipinski definition) is 2. The molecule has 1 saturated heterocycles. The van der Waals surface area contributed by atoms with Crippen molar-refractivity contribution < 1.29 is 9.13 Å². The third-order valence-corrected chi connectivity index (χ3v) is 6.08. The van der Waals surface area contributed by atoms with E-state index >= 15 is 4.39 Å². The number of alkyl halides is 1. The highest BCUT2D eigenvalue weighted by Crippen LogP contribution is 2.39. The van der Waals surface area contributed by atoms with Crippen molar-refractivity contribution in [3.05, 3.63) is 34.7 Å². The summed E-state index contributed by atoms with van der Waals surface area (Å²) in [5.41, 5.74) is 2.87. The largest absolute Gasteiger partial charge is 0.486 e. The summed E-state index contributed by atoms with van der Waals surface area (Å²) < 4.78 is 23.1. The third kappa shape index (κ3) is 3.37. The zero-order chi connectivity index (χ0) is 20.9. The molecule has 5 rings (SSSR count). The summed E-state index contributed by atoms with van der Waals surface area (Å²) in [5, 5.41) is 11.7. The number of pyridine rings is 1. The summed E-state index contributed by atoms with van der Waals surface area (Å²) in [4.78, 5) is 8.80. The normalized spacial score (nSPS) is 20.2. The number of hydrogen-bond acceptors (Lipinski definition) is 6. The van der Waals surface area contributed by atoms with Crippen LogP contribution in [0.5, 0.6) is 5.75 Å². The van der Waals surface area contributed by atoms with E-state index in [4.69, 9.17) is 26.4 Å². The fraction of sp³-hybridized carbons (Fsp3) is 0.476. The fourth-order valence-corrected chi connectivity index (χ4v) is 4.50. The molecule has 1 atom stereocenters. The molecule has 3 aromatic heterocycles. The van der Waals surface area contributed by atoms with E-state index in [2.05, 4.69) is 15.6 Å². The monoisotopic (exact) mass is 430 g/mol. The molecular weight excluding hydrogens is 407 g/mol. The molecule has 0 unspecified atom stereocenters. The van der Waals surface area contributed by atoms with Crippen LogP contribution in [0.1, 0.15) is 31.0 Å². The zero-order valence-electron chi connectivity index (χ0n) is 17.0. The van der Waals surface area contributed by atoms with Gasteiger partial charge in [-0.1, -0.05) is 11.6 Å². The minimum atomic E-state index is -1.24. The van der Waals surface area contributed by atoms with Gasteiger partial charge in [0.2, 0.25) is 0 Å². The predicted molar refractivity (Wildman–Crippen MR) is 114 cm³/mol. The second-order valence-electron chi connectivity index (χ2n) is 8.19. The number of nitrogens with one attached hydrogen (secondary N) is 2. The molecule has 1 fully saturated rings. The van der Waals surface area contributed by atoms with Crippen molar-refractivity contribution in [1.82, 2.24) is 24.9 Å². The Labute approximate surface area is 179 Å². The van der Waals surface area contributed by atoms with Crippen molar-refractivity contribution in [2.75, 3.05) is 25.0 Å². The van der Waals surface area contributed by atoms with Gasteiger partial charge in [-0.25, -0.2) is 18.9 Å². The van der Waals surface area contributed by atoms with Crippen molar-refractivity contribution in [3.63, 3.8) is 0 Å². The number of aromatic nitrogens is 4. The Morgan fingerprint density at radius 1 is 1.40 bits per heavy atom. The average molecular weight is 431 g/mol. The van der Waals surface area contributed by atoms with Gasteiger partial charge in [-0.3, -0.25) is 0 Å². The number of fused-ring (bicyclic) bond motifs is 3. The lowest BCUT2D eigenvalue weighted by molar-refractivity contribution is 0.131. The molecule has 9 heteroatoms. The van der Waals surface area contributed by atoms with Crippen LogP contribution < -0.4 is 15.4 Å². The Bertz CT molecular complexity index is 1110. The van der Waals surface area contributed by atoms with Gasteiger partial charge in [0.1, 0.15) is 16.9 Å². The molecule has 0 aromatic carbocycles. The van der Waals surface area contributed by atoms with Crippen molar-refractivity contribution in [1.29, 1.82) is 0 Å². The van der Waals surface area contributed by atoms with E-state index < -0.39 is 5.67 Å². The van der Waals surface area contributed by atoms with Crippen LogP contribution in [0.2, 0.25) is 5.15 Å². The zero-order valence-corrected chi connectivity index (χ0v) is 17.8. The van der Waals surface area contributed by atoms with Gasteiger partial charge in [0, 0.05) is 23.7 Å². The lowest BCUT2D eigenvalue weighted by Crippen LogP contribution is -2.43. The van der Waals surface area contributed by atoms with Crippen LogP contribution in [0.25, 0.3) is 16.9 Å².